The third-order valence-corrected chi connectivity index (χ3v) is 4.34. The van der Waals surface area contributed by atoms with Crippen LogP contribution in [0, 0.1) is 0 Å². The molecule has 0 amide bonds. The van der Waals surface area contributed by atoms with Crippen molar-refractivity contribution in [3.8, 4) is 11.5 Å². The van der Waals surface area contributed by atoms with Crippen LogP contribution in [-0.2, 0) is 13.2 Å². The third-order valence-electron chi connectivity index (χ3n) is 3.30. The maximum atomic E-state index is 6.34. The fourth-order valence-corrected chi connectivity index (χ4v) is 2.82. The van der Waals surface area contributed by atoms with Crippen molar-refractivity contribution >= 4 is 22.9 Å². The van der Waals surface area contributed by atoms with Gasteiger partial charge in [-0.2, -0.15) is 0 Å². The Balaban J connectivity index is 1.71. The molecule has 0 aliphatic heterocycles. The van der Waals surface area contributed by atoms with Gasteiger partial charge in [-0.3, -0.25) is 4.98 Å². The third kappa shape index (κ3) is 3.87. The average molecular weight is 325 g/mol. The van der Waals surface area contributed by atoms with E-state index in [0.29, 0.717) is 29.2 Å². The van der Waals surface area contributed by atoms with Crippen LogP contribution in [0.4, 0.5) is 0 Å². The van der Waals surface area contributed by atoms with Gasteiger partial charge in [-0.15, -0.1) is 11.3 Å². The van der Waals surface area contributed by atoms with E-state index in [9.17, 15) is 0 Å². The summed E-state index contributed by atoms with van der Waals surface area (Å²) in [6.07, 6.45) is 4.32. The van der Waals surface area contributed by atoms with Gasteiger partial charge in [-0.05, 0) is 30.5 Å². The number of nitrogens with zero attached hydrogens (tertiary/aromatic N) is 1. The Morgan fingerprint density at radius 2 is 2.29 bits per heavy atom. The average Bonchev–Trinajstić information content (AvgIpc) is 3.17. The molecule has 21 heavy (non-hydrogen) atoms. The molecule has 4 nitrogen and oxygen atoms in total. The molecule has 1 saturated carbocycles. The molecular weight excluding hydrogens is 308 g/mol. The molecule has 1 N–H and O–H groups in total. The predicted octanol–water partition coefficient (Wildman–Crippen LogP) is 3.64. The maximum absolute atomic E-state index is 6.34. The summed E-state index contributed by atoms with van der Waals surface area (Å²) in [6.45, 7) is 1.25. The van der Waals surface area contributed by atoms with Gasteiger partial charge in [0, 0.05) is 18.8 Å². The van der Waals surface area contributed by atoms with Crippen LogP contribution in [0.1, 0.15) is 23.3 Å². The molecule has 1 aromatic heterocycles. The molecule has 6 heteroatoms. The number of rotatable bonds is 7. The lowest BCUT2D eigenvalue weighted by Crippen LogP contribution is -2.15. The molecule has 1 aromatic carbocycles. The lowest BCUT2D eigenvalue weighted by Gasteiger charge is -2.14. The highest BCUT2D eigenvalue weighted by molar-refractivity contribution is 7.09. The summed E-state index contributed by atoms with van der Waals surface area (Å²) >= 11 is 7.89. The van der Waals surface area contributed by atoms with Crippen LogP contribution < -0.4 is 14.8 Å². The fourth-order valence-electron chi connectivity index (χ4n) is 2.02. The molecule has 0 atom stereocenters. The van der Waals surface area contributed by atoms with E-state index in [1.807, 2.05) is 12.1 Å². The predicted molar refractivity (Wildman–Crippen MR) is 84.3 cm³/mol. The van der Waals surface area contributed by atoms with Crippen LogP contribution in [-0.4, -0.2) is 18.1 Å². The van der Waals surface area contributed by atoms with Gasteiger partial charge in [-0.25, -0.2) is 0 Å². The molecule has 0 bridgehead atoms. The van der Waals surface area contributed by atoms with E-state index in [-0.39, 0.29) is 0 Å². The second-order valence-electron chi connectivity index (χ2n) is 5.02. The second kappa shape index (κ2) is 6.64. The molecule has 1 aliphatic carbocycles. The zero-order valence-corrected chi connectivity index (χ0v) is 13.3. The van der Waals surface area contributed by atoms with Gasteiger partial charge in [-0.1, -0.05) is 11.6 Å². The number of halogens is 1. The molecule has 1 heterocycles. The Morgan fingerprint density at radius 3 is 2.95 bits per heavy atom. The first-order valence-corrected chi connectivity index (χ1v) is 8.12. The van der Waals surface area contributed by atoms with Crippen molar-refractivity contribution in [3.05, 3.63) is 39.3 Å². The first-order valence-electron chi connectivity index (χ1n) is 6.86. The Labute approximate surface area is 133 Å². The van der Waals surface area contributed by atoms with Gasteiger partial charge in [0.05, 0.1) is 22.5 Å². The highest BCUT2D eigenvalue weighted by atomic mass is 35.5. The number of ether oxygens (including phenoxy) is 2. The van der Waals surface area contributed by atoms with Crippen molar-refractivity contribution in [2.75, 3.05) is 7.11 Å². The summed E-state index contributed by atoms with van der Waals surface area (Å²) in [5.74, 6) is 1.25. The van der Waals surface area contributed by atoms with Gasteiger partial charge in [0.25, 0.3) is 0 Å². The zero-order valence-electron chi connectivity index (χ0n) is 11.8. The minimum absolute atomic E-state index is 0.445. The van der Waals surface area contributed by atoms with Gasteiger partial charge in [0.2, 0.25) is 0 Å². The first-order chi connectivity index (χ1) is 10.3. The number of methoxy groups -OCH3 is 1. The van der Waals surface area contributed by atoms with Crippen molar-refractivity contribution in [2.45, 2.75) is 32.0 Å². The lowest BCUT2D eigenvalue weighted by molar-refractivity contribution is 0.287. The molecule has 0 spiro atoms. The molecule has 3 rings (SSSR count). The van der Waals surface area contributed by atoms with Crippen LogP contribution in [0.5, 0.6) is 11.5 Å². The molecule has 0 unspecified atom stereocenters. The zero-order chi connectivity index (χ0) is 14.7. The summed E-state index contributed by atoms with van der Waals surface area (Å²) < 4.78 is 11.2. The monoisotopic (exact) mass is 324 g/mol. The quantitative estimate of drug-likeness (QED) is 0.844. The maximum Gasteiger partial charge on any atom is 0.180 e. The Kier molecular flexibility index (Phi) is 4.63. The molecular formula is C15H17ClN2O2S. The van der Waals surface area contributed by atoms with Crippen LogP contribution in [0.2, 0.25) is 5.02 Å². The first kappa shape index (κ1) is 14.6. The van der Waals surface area contributed by atoms with E-state index < -0.39 is 0 Å². The largest absolute Gasteiger partial charge is 0.493 e. The van der Waals surface area contributed by atoms with E-state index in [1.165, 1.54) is 12.8 Å². The molecule has 1 fully saturated rings. The van der Waals surface area contributed by atoms with Gasteiger partial charge in [0.15, 0.2) is 11.5 Å². The van der Waals surface area contributed by atoms with Crippen molar-refractivity contribution < 1.29 is 9.47 Å². The Hall–Kier alpha value is -1.30. The summed E-state index contributed by atoms with van der Waals surface area (Å²) in [4.78, 5) is 5.08. The standard InChI is InChI=1S/C15H17ClN2O2S/c1-19-14-5-10(6-18-11-2-3-11)4-13(16)15(14)20-8-12-7-17-9-21-12/h4-5,7,9,11,18H,2-3,6,8H2,1H3. The summed E-state index contributed by atoms with van der Waals surface area (Å²) in [5.41, 5.74) is 2.89. The van der Waals surface area contributed by atoms with Crippen molar-refractivity contribution in [2.24, 2.45) is 0 Å². The second-order valence-corrected chi connectivity index (χ2v) is 6.40. The molecule has 112 valence electrons. The van der Waals surface area contributed by atoms with E-state index in [4.69, 9.17) is 21.1 Å². The van der Waals surface area contributed by atoms with Gasteiger partial charge >= 0.3 is 0 Å². The van der Waals surface area contributed by atoms with Crippen LogP contribution in [0.25, 0.3) is 0 Å². The van der Waals surface area contributed by atoms with Crippen LogP contribution in [0.3, 0.4) is 0 Å². The number of aromatic nitrogens is 1. The summed E-state index contributed by atoms with van der Waals surface area (Å²) in [6, 6.07) is 4.57. The topological polar surface area (TPSA) is 43.4 Å². The normalized spacial score (nSPS) is 14.2. The van der Waals surface area contributed by atoms with Crippen molar-refractivity contribution in [1.82, 2.24) is 10.3 Å². The highest BCUT2D eigenvalue weighted by Gasteiger charge is 2.20. The van der Waals surface area contributed by atoms with Gasteiger partial charge < -0.3 is 14.8 Å². The Morgan fingerprint density at radius 1 is 1.43 bits per heavy atom. The fraction of sp³-hybridized carbons (Fsp3) is 0.400. The summed E-state index contributed by atoms with van der Waals surface area (Å²) in [7, 11) is 1.63. The van der Waals surface area contributed by atoms with Gasteiger partial charge in [0.1, 0.15) is 6.61 Å². The lowest BCUT2D eigenvalue weighted by atomic mass is 10.2. The molecule has 1 aliphatic rings. The molecule has 0 saturated heterocycles. The minimum Gasteiger partial charge on any atom is -0.493 e. The van der Waals surface area contributed by atoms with E-state index >= 15 is 0 Å². The van der Waals surface area contributed by atoms with E-state index in [1.54, 1.807) is 30.2 Å². The SMILES string of the molecule is COc1cc(CNC2CC2)cc(Cl)c1OCc1cncs1. The van der Waals surface area contributed by atoms with Crippen LogP contribution >= 0.6 is 22.9 Å². The van der Waals surface area contributed by atoms with Crippen LogP contribution in [0.15, 0.2) is 23.8 Å². The highest BCUT2D eigenvalue weighted by Crippen LogP contribution is 2.37. The smallest absolute Gasteiger partial charge is 0.180 e. The number of thiazole rings is 1. The minimum atomic E-state index is 0.445. The van der Waals surface area contributed by atoms with E-state index in [0.717, 1.165) is 17.0 Å². The van der Waals surface area contributed by atoms with E-state index in [2.05, 4.69) is 10.3 Å². The van der Waals surface area contributed by atoms with Crippen molar-refractivity contribution in [3.63, 3.8) is 0 Å². The molecule has 2 aromatic rings. The Bertz CT molecular complexity index is 600. The number of hydrogen-bond acceptors (Lipinski definition) is 5. The number of nitrogens with one attached hydrogen (secondary N) is 1. The number of hydrogen-bond donors (Lipinski definition) is 1. The molecule has 0 radical (unpaired) electrons. The van der Waals surface area contributed by atoms with Crippen molar-refractivity contribution in [1.29, 1.82) is 0 Å². The summed E-state index contributed by atoms with van der Waals surface area (Å²) in [5, 5.41) is 4.04. The number of benzene rings is 1.